The van der Waals surface area contributed by atoms with Crippen molar-refractivity contribution in [2.75, 3.05) is 10.0 Å². The highest BCUT2D eigenvalue weighted by molar-refractivity contribution is 5.49. The molecular weight excluding hydrogens is 576 g/mol. The average molecular weight is 635 g/mol. The molecule has 3 heterocycles. The highest BCUT2D eigenvalue weighted by Crippen LogP contribution is 2.58. The van der Waals surface area contributed by atoms with Crippen LogP contribution in [-0.2, 0) is 4.74 Å². The van der Waals surface area contributed by atoms with Crippen LogP contribution in [0.15, 0.2) is 60.7 Å². The van der Waals surface area contributed by atoms with E-state index in [-0.39, 0.29) is 0 Å². The van der Waals surface area contributed by atoms with Crippen LogP contribution in [0.5, 0.6) is 0 Å². The van der Waals surface area contributed by atoms with Crippen LogP contribution in [0, 0.1) is 23.7 Å². The molecule has 5 saturated carbocycles. The van der Waals surface area contributed by atoms with Crippen LogP contribution in [-0.4, -0.2) is 58.5 Å². The predicted molar refractivity (Wildman–Crippen MR) is 190 cm³/mol. The fourth-order valence-corrected chi connectivity index (χ4v) is 13.2. The minimum atomic E-state index is 0.341. The third-order valence-corrected chi connectivity index (χ3v) is 14.9. The van der Waals surface area contributed by atoms with E-state index in [0.717, 1.165) is 23.7 Å². The van der Waals surface area contributed by atoms with Crippen LogP contribution in [0.2, 0.25) is 0 Å². The predicted octanol–water partition coefficient (Wildman–Crippen LogP) is 8.99. The number of fused-ring (bicyclic) bond motifs is 8. The smallest absolute Gasteiger partial charge is 0.0753 e. The standard InChI is InChI=1S/C42H58N4O/c1-3-15-29(16-4-1)43-35-21-9-7-19-31(35)33-27-34-32-20-8-10-22-36(32)44(30-17-5-2-6-18-30)46-38-24-12-14-26-42(38)47-41-25-13-11-23-37(41)45(43)39(33)28-40(34)46/h1-6,15-18,31-42H,7-14,19-28H2. The fraction of sp³-hybridized carbons (Fsp3) is 0.714. The van der Waals surface area contributed by atoms with Crippen molar-refractivity contribution in [3.63, 3.8) is 0 Å². The van der Waals surface area contributed by atoms with Gasteiger partial charge in [-0.3, -0.25) is 0 Å². The molecule has 0 N–H and O–H groups in total. The molecule has 12 unspecified atom stereocenters. The van der Waals surface area contributed by atoms with E-state index in [9.17, 15) is 0 Å². The number of para-hydroxylation sites is 2. The summed E-state index contributed by atoms with van der Waals surface area (Å²) in [6, 6.07) is 26.8. The van der Waals surface area contributed by atoms with Gasteiger partial charge in [0, 0.05) is 24.2 Å². The molecule has 5 aliphatic carbocycles. The minimum Gasteiger partial charge on any atom is -0.372 e. The zero-order valence-corrected chi connectivity index (χ0v) is 28.6. The van der Waals surface area contributed by atoms with Crippen molar-refractivity contribution in [1.82, 2.24) is 10.0 Å². The van der Waals surface area contributed by atoms with E-state index in [4.69, 9.17) is 4.74 Å². The van der Waals surface area contributed by atoms with Gasteiger partial charge in [0.25, 0.3) is 0 Å². The lowest BCUT2D eigenvalue weighted by molar-refractivity contribution is -0.193. The van der Waals surface area contributed by atoms with Crippen molar-refractivity contribution in [3.8, 4) is 0 Å². The van der Waals surface area contributed by atoms with Crippen molar-refractivity contribution in [1.29, 1.82) is 0 Å². The molecule has 0 amide bonds. The van der Waals surface area contributed by atoms with Crippen LogP contribution >= 0.6 is 0 Å². The fourth-order valence-electron chi connectivity index (χ4n) is 13.2. The first-order valence-electron chi connectivity index (χ1n) is 20.3. The van der Waals surface area contributed by atoms with Gasteiger partial charge in [-0.05, 0) is 112 Å². The SMILES string of the molecule is c1ccc(N2C3CCCCC3C3CC4C5CCCCC5N(c5ccccc5)N5C6CCCCC6OC6CCCCC6N2C3CC45)cc1. The van der Waals surface area contributed by atoms with E-state index >= 15 is 0 Å². The molecule has 8 fully saturated rings. The van der Waals surface area contributed by atoms with Gasteiger partial charge >= 0.3 is 0 Å². The summed E-state index contributed by atoms with van der Waals surface area (Å²) in [6.45, 7) is 0. The Hall–Kier alpha value is -2.08. The Morgan fingerprint density at radius 1 is 0.383 bits per heavy atom. The van der Waals surface area contributed by atoms with Gasteiger partial charge in [-0.2, -0.15) is 0 Å². The third-order valence-electron chi connectivity index (χ3n) is 14.9. The Labute approximate surface area is 283 Å². The summed E-state index contributed by atoms with van der Waals surface area (Å²) in [5.74, 6) is 3.28. The molecule has 10 rings (SSSR count). The summed E-state index contributed by atoms with van der Waals surface area (Å²) in [5, 5.41) is 12.0. The number of hydrazine groups is 2. The molecule has 12 atom stereocenters. The van der Waals surface area contributed by atoms with Crippen molar-refractivity contribution >= 4 is 11.4 Å². The molecule has 2 bridgehead atoms. The molecule has 252 valence electrons. The maximum absolute atomic E-state index is 7.69. The number of rotatable bonds is 2. The van der Waals surface area contributed by atoms with Crippen molar-refractivity contribution in [2.45, 2.75) is 164 Å². The summed E-state index contributed by atoms with van der Waals surface area (Å²) in [6.07, 6.45) is 25.1. The highest BCUT2D eigenvalue weighted by atomic mass is 16.5. The molecule has 5 heteroatoms. The maximum Gasteiger partial charge on any atom is 0.0753 e. The molecular formula is C42H58N4O. The second-order valence-corrected chi connectivity index (χ2v) is 17.0. The second kappa shape index (κ2) is 12.4. The van der Waals surface area contributed by atoms with Crippen molar-refractivity contribution in [2.24, 2.45) is 23.7 Å². The molecule has 8 aliphatic rings. The summed E-state index contributed by atoms with van der Waals surface area (Å²) < 4.78 is 7.69. The van der Waals surface area contributed by atoms with Gasteiger partial charge in [-0.25, -0.2) is 10.0 Å². The Morgan fingerprint density at radius 2 is 0.787 bits per heavy atom. The molecule has 2 aromatic rings. The second-order valence-electron chi connectivity index (χ2n) is 17.0. The molecule has 47 heavy (non-hydrogen) atoms. The van der Waals surface area contributed by atoms with Gasteiger partial charge in [-0.1, -0.05) is 87.8 Å². The normalized spacial score (nSPS) is 43.6. The molecule has 3 saturated heterocycles. The number of nitrogens with zero attached hydrogens (tertiary/aromatic N) is 4. The topological polar surface area (TPSA) is 22.2 Å². The highest BCUT2D eigenvalue weighted by Gasteiger charge is 2.61. The van der Waals surface area contributed by atoms with Crippen LogP contribution in [0.3, 0.4) is 0 Å². The van der Waals surface area contributed by atoms with Crippen LogP contribution in [0.25, 0.3) is 0 Å². The van der Waals surface area contributed by atoms with Crippen molar-refractivity contribution < 1.29 is 4.74 Å². The first-order valence-corrected chi connectivity index (χ1v) is 20.3. The molecule has 3 aliphatic heterocycles. The third kappa shape index (κ3) is 4.87. The number of anilines is 2. The first-order chi connectivity index (χ1) is 23.3. The lowest BCUT2D eigenvalue weighted by atomic mass is 9.57. The van der Waals surface area contributed by atoms with Gasteiger partial charge in [0.05, 0.1) is 35.7 Å². The lowest BCUT2D eigenvalue weighted by Gasteiger charge is -2.69. The number of hydrogen-bond acceptors (Lipinski definition) is 5. The molecule has 0 spiro atoms. The number of benzene rings is 2. The van der Waals surface area contributed by atoms with E-state index in [1.54, 1.807) is 0 Å². The quantitative estimate of drug-likeness (QED) is 0.328. The number of hydrogen-bond donors (Lipinski definition) is 0. The molecule has 0 aromatic heterocycles. The Bertz CT molecular complexity index is 1270. The van der Waals surface area contributed by atoms with Gasteiger partial charge in [0.2, 0.25) is 0 Å². The Kier molecular flexibility index (Phi) is 7.83. The van der Waals surface area contributed by atoms with Crippen LogP contribution < -0.4 is 10.0 Å². The zero-order valence-electron chi connectivity index (χ0n) is 28.6. The number of ether oxygens (including phenoxy) is 1. The summed E-state index contributed by atoms with van der Waals surface area (Å²) >= 11 is 0. The summed E-state index contributed by atoms with van der Waals surface area (Å²) in [5.41, 5.74) is 2.89. The van der Waals surface area contributed by atoms with Crippen LogP contribution in [0.1, 0.15) is 116 Å². The first kappa shape index (κ1) is 29.8. The summed E-state index contributed by atoms with van der Waals surface area (Å²) in [4.78, 5) is 0. The van der Waals surface area contributed by atoms with Gasteiger partial charge in [-0.15, -0.1) is 0 Å². The average Bonchev–Trinajstić information content (AvgIpc) is 3.14. The van der Waals surface area contributed by atoms with E-state index < -0.39 is 0 Å². The molecule has 0 radical (unpaired) electrons. The van der Waals surface area contributed by atoms with E-state index in [0.29, 0.717) is 48.5 Å². The lowest BCUT2D eigenvalue weighted by Crippen LogP contribution is -2.77. The zero-order chi connectivity index (χ0) is 30.9. The van der Waals surface area contributed by atoms with Crippen molar-refractivity contribution in [3.05, 3.63) is 60.7 Å². The Balaban J connectivity index is 1.16. The van der Waals surface area contributed by atoms with E-state index in [1.807, 2.05) is 0 Å². The van der Waals surface area contributed by atoms with E-state index in [1.165, 1.54) is 127 Å². The van der Waals surface area contributed by atoms with Crippen LogP contribution in [0.4, 0.5) is 11.4 Å². The largest absolute Gasteiger partial charge is 0.372 e. The monoisotopic (exact) mass is 634 g/mol. The van der Waals surface area contributed by atoms with Gasteiger partial charge in [0.15, 0.2) is 0 Å². The Morgan fingerprint density at radius 3 is 1.26 bits per heavy atom. The van der Waals surface area contributed by atoms with Gasteiger partial charge < -0.3 is 14.8 Å². The van der Waals surface area contributed by atoms with E-state index in [2.05, 4.69) is 80.7 Å². The summed E-state index contributed by atoms with van der Waals surface area (Å²) in [7, 11) is 0. The van der Waals surface area contributed by atoms with Gasteiger partial charge in [0.1, 0.15) is 0 Å². The maximum atomic E-state index is 7.69. The molecule has 5 nitrogen and oxygen atoms in total. The minimum absolute atomic E-state index is 0.341. The molecule has 2 aromatic carbocycles.